The molecule has 6 aliphatic carbocycles. The summed E-state index contributed by atoms with van der Waals surface area (Å²) >= 11 is 0. The van der Waals surface area contributed by atoms with Gasteiger partial charge in [-0.05, 0) is 0 Å². The second-order valence-corrected chi connectivity index (χ2v) is 28.5. The topological polar surface area (TPSA) is 0 Å². The molecular weight excluding hydrogens is 649 g/mol. The Hall–Kier alpha value is 0.660. The van der Waals surface area contributed by atoms with Crippen LogP contribution in [0.15, 0.2) is 30.3 Å². The first-order valence-electron chi connectivity index (χ1n) is 21.4. The van der Waals surface area contributed by atoms with Crippen molar-refractivity contribution in [3.63, 3.8) is 0 Å². The first-order valence-corrected chi connectivity index (χ1v) is 26.0. The Kier molecular flexibility index (Phi) is 15.7. The molecule has 0 bridgehead atoms. The maximum atomic E-state index is 2.82. The Morgan fingerprint density at radius 1 is 0.319 bits per heavy atom. The van der Waals surface area contributed by atoms with Crippen molar-refractivity contribution < 1.29 is 0 Å². The first-order chi connectivity index (χ1) is 22.4. The molecule has 0 saturated heterocycles. The normalized spacial score (nSPS) is 27.3. The molecule has 0 amide bonds. The minimum atomic E-state index is -1.79. The van der Waals surface area contributed by atoms with Crippen molar-refractivity contribution in [2.75, 3.05) is 0 Å². The Bertz CT molecular complexity index is 841. The molecule has 0 unspecified atom stereocenters. The molecule has 6 saturated carbocycles. The van der Waals surface area contributed by atoms with Crippen LogP contribution in [0.1, 0.15) is 204 Å². The van der Waals surface area contributed by atoms with Gasteiger partial charge in [-0.25, -0.2) is 0 Å². The van der Waals surface area contributed by atoms with Crippen LogP contribution in [0.5, 0.6) is 0 Å². The molecule has 0 spiro atoms. The van der Waals surface area contributed by atoms with Crippen LogP contribution >= 0.6 is 39.3 Å². The van der Waals surface area contributed by atoms with Gasteiger partial charge in [0, 0.05) is 0 Å². The van der Waals surface area contributed by atoms with Crippen LogP contribution in [0.4, 0.5) is 0 Å². The van der Waals surface area contributed by atoms with E-state index in [4.69, 9.17) is 0 Å². The van der Waals surface area contributed by atoms with Gasteiger partial charge in [0.2, 0.25) is 0 Å². The van der Waals surface area contributed by atoms with Gasteiger partial charge in [0.15, 0.2) is 0 Å². The quantitative estimate of drug-likeness (QED) is 0.222. The Morgan fingerprint density at radius 3 is 0.745 bits per heavy atom. The first kappa shape index (κ1) is 38.9. The summed E-state index contributed by atoms with van der Waals surface area (Å²) in [6.45, 7) is 0. The molecule has 0 aliphatic heterocycles. The van der Waals surface area contributed by atoms with E-state index in [0.717, 1.165) is 39.4 Å². The van der Waals surface area contributed by atoms with Gasteiger partial charge in [0.05, 0.1) is 0 Å². The number of halogens is 2. The van der Waals surface area contributed by atoms with E-state index < -0.39 is 14.5 Å². The van der Waals surface area contributed by atoms with Gasteiger partial charge in [0.25, 0.3) is 0 Å². The van der Waals surface area contributed by atoms with Crippen LogP contribution in [-0.2, 0) is 0 Å². The van der Waals surface area contributed by atoms with Gasteiger partial charge in [0.1, 0.15) is 0 Å². The van der Waals surface area contributed by atoms with Crippen molar-refractivity contribution in [2.24, 2.45) is 0 Å². The molecule has 47 heavy (non-hydrogen) atoms. The third-order valence-corrected chi connectivity index (χ3v) is 33.6. The molecule has 272 valence electrons. The average molecular weight is 726 g/mol. The monoisotopic (exact) mass is 724 g/mol. The molecule has 4 heteroatoms. The zero-order chi connectivity index (χ0) is 30.4. The zero-order valence-electron chi connectivity index (χ0n) is 30.5. The Balaban J connectivity index is 0.00000217. The van der Waals surface area contributed by atoms with Gasteiger partial charge in [-0.15, -0.1) is 24.8 Å². The summed E-state index contributed by atoms with van der Waals surface area (Å²) in [6.07, 6.45) is 47.9. The Morgan fingerprint density at radius 2 is 0.532 bits per heavy atom. The van der Waals surface area contributed by atoms with E-state index in [-0.39, 0.29) is 24.8 Å². The molecular formula is C43H76Cl2P2. The molecule has 0 N–H and O–H groups in total. The van der Waals surface area contributed by atoms with E-state index >= 15 is 0 Å². The van der Waals surface area contributed by atoms with Gasteiger partial charge in [-0.3, -0.25) is 0 Å². The van der Waals surface area contributed by atoms with Crippen LogP contribution in [-0.4, -0.2) is 34.0 Å². The fraction of sp³-hybridized carbons (Fsp3) is 0.860. The summed E-state index contributed by atoms with van der Waals surface area (Å²) in [5.41, 5.74) is 8.85. The van der Waals surface area contributed by atoms with Gasteiger partial charge < -0.3 is 0 Å². The van der Waals surface area contributed by atoms with E-state index in [0.29, 0.717) is 0 Å². The van der Waals surface area contributed by atoms with Crippen LogP contribution in [0.3, 0.4) is 0 Å². The molecule has 0 radical (unpaired) electrons. The average Bonchev–Trinajstić information content (AvgIpc) is 3.14. The fourth-order valence-electron chi connectivity index (χ4n) is 14.7. The summed E-state index contributed by atoms with van der Waals surface area (Å²) in [5, 5.41) is 1.08. The molecule has 0 nitrogen and oxygen atoms in total. The van der Waals surface area contributed by atoms with E-state index in [2.05, 4.69) is 30.3 Å². The molecule has 7 rings (SSSR count). The third-order valence-electron chi connectivity index (χ3n) is 16.0. The number of benzene rings is 1. The van der Waals surface area contributed by atoms with Crippen molar-refractivity contribution in [3.8, 4) is 0 Å². The van der Waals surface area contributed by atoms with E-state index in [1.165, 1.54) is 0 Å². The van der Waals surface area contributed by atoms with E-state index in [1.54, 1.807) is 193 Å². The molecule has 0 aromatic heterocycles. The van der Waals surface area contributed by atoms with Crippen LogP contribution < -0.4 is 0 Å². The molecule has 6 aliphatic rings. The summed E-state index contributed by atoms with van der Waals surface area (Å²) in [6, 6.07) is 13.1. The maximum absolute atomic E-state index is 2.82. The van der Waals surface area contributed by atoms with Crippen LogP contribution in [0, 0.1) is 0 Å². The predicted molar refractivity (Wildman–Crippen MR) is 222 cm³/mol. The second kappa shape index (κ2) is 18.9. The summed E-state index contributed by atoms with van der Waals surface area (Å²) in [5.74, 6) is 0. The second-order valence-electron chi connectivity index (χ2n) is 17.9. The molecule has 0 heterocycles. The van der Waals surface area contributed by atoms with Crippen molar-refractivity contribution in [2.45, 2.75) is 232 Å². The van der Waals surface area contributed by atoms with Crippen LogP contribution in [0.2, 0.25) is 0 Å². The Labute approximate surface area is 305 Å². The predicted octanol–water partition coefficient (Wildman–Crippen LogP) is 15.0. The number of hydrogen-bond donors (Lipinski definition) is 0. The van der Waals surface area contributed by atoms with Crippen LogP contribution in [0.25, 0.3) is 0 Å². The third kappa shape index (κ3) is 7.88. The van der Waals surface area contributed by atoms with E-state index in [1.807, 2.05) is 5.56 Å². The summed E-state index contributed by atoms with van der Waals surface area (Å²) in [4.78, 5) is 0. The zero-order valence-corrected chi connectivity index (χ0v) is 34.1. The molecule has 1 aromatic rings. The molecule has 0 atom stereocenters. The minimum absolute atomic E-state index is 0. The number of rotatable bonds is 9. The SMILES string of the molecule is Cl.Cl.c1ccc(C([PH](C2CCCCC2)(C2CCCCC2)C2CCCCC2)[PH](C2CCCCC2)(C2CCCCC2)C2CCCCC2)cc1. The van der Waals surface area contributed by atoms with Crippen molar-refractivity contribution >= 4 is 39.3 Å². The van der Waals surface area contributed by atoms with Crippen molar-refractivity contribution in [1.29, 1.82) is 0 Å². The molecule has 6 fully saturated rings. The standard InChI is InChI=1S/C43H74P2.2ClH/c1-8-22-36(23-9-1)43(44(37-24-10-2-11-25-37,38-26-12-3-13-27-38)39-28-14-4-15-29-39)45(40-30-16-5-17-31-40,41-32-18-6-19-33-41)42-34-20-7-21-35-42;;/h1,8-9,22-23,37-45H,2-7,10-21,24-35H2;2*1H. The molecule has 1 aromatic carbocycles. The van der Waals surface area contributed by atoms with Gasteiger partial charge in [-0.1, -0.05) is 0 Å². The summed E-state index contributed by atoms with van der Waals surface area (Å²) in [7, 11) is -3.58. The van der Waals surface area contributed by atoms with Gasteiger partial charge in [-0.2, -0.15) is 0 Å². The number of hydrogen-bond acceptors (Lipinski definition) is 0. The van der Waals surface area contributed by atoms with Crippen molar-refractivity contribution in [1.82, 2.24) is 0 Å². The van der Waals surface area contributed by atoms with E-state index in [9.17, 15) is 0 Å². The van der Waals surface area contributed by atoms with Gasteiger partial charge >= 0.3 is 282 Å². The fourth-order valence-corrected chi connectivity index (χ4v) is 39.2. The van der Waals surface area contributed by atoms with Crippen molar-refractivity contribution in [3.05, 3.63) is 35.9 Å². The summed E-state index contributed by atoms with van der Waals surface area (Å²) < 4.78 is 0.